The standard InChI is InChI=1S/C40H46N6O9/c1-24-35(48)44-32(21-26-7-5-4-6-8-26)36(49)41-17-20-54-28-9-11-29(12-10-28)55-40(39(52)45-34(25(2)47)37(50)42-24)15-18-46(19-16-40)38(51)33-23-27-22-30(53-3)13-14-31(27)43-33/h4-14,22-25,32,34,43,47H,15-21H2,1-3H3,(H,41,49)(H,42,50)(H,44,48)(H,45,52)/t24-,25+,32-,34?/m0/s1. The summed E-state index contributed by atoms with van der Waals surface area (Å²) < 4.78 is 17.6. The fourth-order valence-electron chi connectivity index (χ4n) is 6.67. The molecule has 0 saturated carbocycles. The monoisotopic (exact) mass is 754 g/mol. The highest BCUT2D eigenvalue weighted by atomic mass is 16.5. The molecule has 3 aliphatic rings. The third-order valence-electron chi connectivity index (χ3n) is 9.86. The normalized spacial score (nSPS) is 21.7. The summed E-state index contributed by atoms with van der Waals surface area (Å²) in [7, 11) is 1.57. The molecule has 1 spiro atoms. The van der Waals surface area contributed by atoms with Crippen molar-refractivity contribution in [2.75, 3.05) is 33.4 Å². The minimum Gasteiger partial charge on any atom is -0.497 e. The van der Waals surface area contributed by atoms with Gasteiger partial charge >= 0.3 is 0 Å². The summed E-state index contributed by atoms with van der Waals surface area (Å²) in [5, 5.41) is 22.3. The predicted molar refractivity (Wildman–Crippen MR) is 202 cm³/mol. The highest BCUT2D eigenvalue weighted by Gasteiger charge is 2.47. The van der Waals surface area contributed by atoms with Gasteiger partial charge in [0.1, 0.15) is 47.7 Å². The molecule has 1 fully saturated rings. The number of nitrogens with one attached hydrogen (secondary N) is 5. The molecule has 7 rings (SSSR count). The van der Waals surface area contributed by atoms with E-state index in [1.165, 1.54) is 13.8 Å². The number of benzene rings is 3. The van der Waals surface area contributed by atoms with Gasteiger partial charge in [-0.05, 0) is 67.9 Å². The van der Waals surface area contributed by atoms with Gasteiger partial charge < -0.3 is 50.5 Å². The molecular formula is C40H46N6O9. The number of aromatic amines is 1. The second-order valence-electron chi connectivity index (χ2n) is 13.8. The Morgan fingerprint density at radius 2 is 1.62 bits per heavy atom. The number of hydrogen-bond acceptors (Lipinski definition) is 9. The lowest BCUT2D eigenvalue weighted by Gasteiger charge is -2.41. The van der Waals surface area contributed by atoms with E-state index in [-0.39, 0.29) is 51.4 Å². The number of amides is 5. The molecule has 3 aliphatic heterocycles. The third-order valence-corrected chi connectivity index (χ3v) is 9.86. The molecule has 0 aliphatic carbocycles. The van der Waals surface area contributed by atoms with Crippen molar-refractivity contribution in [3.05, 3.63) is 90.1 Å². The van der Waals surface area contributed by atoms with E-state index in [1.54, 1.807) is 48.4 Å². The Morgan fingerprint density at radius 1 is 0.909 bits per heavy atom. The van der Waals surface area contributed by atoms with E-state index in [0.29, 0.717) is 22.9 Å². The average Bonchev–Trinajstić information content (AvgIpc) is 3.62. The number of aromatic nitrogens is 1. The van der Waals surface area contributed by atoms with Crippen LogP contribution in [0.2, 0.25) is 0 Å². The molecular weight excluding hydrogens is 708 g/mol. The van der Waals surface area contributed by atoms with Crippen LogP contribution in [0.1, 0.15) is 42.7 Å². The Hall–Kier alpha value is -6.09. The van der Waals surface area contributed by atoms with E-state index in [2.05, 4.69) is 26.3 Å². The lowest BCUT2D eigenvalue weighted by molar-refractivity contribution is -0.145. The molecule has 15 heteroatoms. The van der Waals surface area contributed by atoms with Crippen LogP contribution in [-0.4, -0.2) is 108 Å². The van der Waals surface area contributed by atoms with Gasteiger partial charge in [0.05, 0.1) is 19.8 Å². The fraction of sp³-hybridized carbons (Fsp3) is 0.375. The molecule has 1 unspecified atom stereocenters. The van der Waals surface area contributed by atoms with E-state index in [0.717, 1.165) is 16.5 Å². The average molecular weight is 755 g/mol. The van der Waals surface area contributed by atoms with Crippen molar-refractivity contribution in [2.24, 2.45) is 0 Å². The number of ether oxygens (including phenoxy) is 3. The Bertz CT molecular complexity index is 2010. The van der Waals surface area contributed by atoms with E-state index >= 15 is 0 Å². The van der Waals surface area contributed by atoms with E-state index in [9.17, 15) is 29.1 Å². The van der Waals surface area contributed by atoms with Crippen LogP contribution < -0.4 is 35.5 Å². The topological polar surface area (TPSA) is 200 Å². The minimum absolute atomic E-state index is 0.0618. The number of carbonyl (C=O) groups is 5. The number of piperidine rings is 1. The Morgan fingerprint density at radius 3 is 2.31 bits per heavy atom. The summed E-state index contributed by atoms with van der Waals surface area (Å²) in [6, 6.07) is 19.4. The molecule has 55 heavy (non-hydrogen) atoms. The van der Waals surface area contributed by atoms with Gasteiger partial charge in [0.25, 0.3) is 11.8 Å². The van der Waals surface area contributed by atoms with Crippen LogP contribution in [0.15, 0.2) is 78.9 Å². The van der Waals surface area contributed by atoms with Gasteiger partial charge in [0.15, 0.2) is 5.60 Å². The molecule has 15 nitrogen and oxygen atoms in total. The number of aliphatic hydroxyl groups excluding tert-OH is 1. The molecule has 1 aromatic heterocycles. The maximum absolute atomic E-state index is 14.3. The molecule has 4 heterocycles. The zero-order chi connectivity index (χ0) is 39.1. The van der Waals surface area contributed by atoms with Crippen molar-refractivity contribution in [1.82, 2.24) is 31.2 Å². The second kappa shape index (κ2) is 16.9. The van der Waals surface area contributed by atoms with Crippen molar-refractivity contribution in [3.63, 3.8) is 0 Å². The SMILES string of the molecule is COc1ccc2[nH]c(C(=O)N3CCC4(CC3)Oc3ccc(cc3)OCCNC(=O)[C@H](Cc3ccccc3)NC(=O)[C@H](C)NC(=O)C([C@@H](C)O)NC4=O)cc2c1. The Balaban J connectivity index is 1.23. The van der Waals surface area contributed by atoms with Crippen molar-refractivity contribution >= 4 is 40.4 Å². The Labute approximate surface area is 318 Å². The van der Waals surface area contributed by atoms with Crippen LogP contribution in [0.4, 0.5) is 0 Å². The number of fused-ring (bicyclic) bond motifs is 16. The first kappa shape index (κ1) is 38.6. The first-order valence-corrected chi connectivity index (χ1v) is 18.2. The Kier molecular flexibility index (Phi) is 11.9. The van der Waals surface area contributed by atoms with Gasteiger partial charge in [-0.2, -0.15) is 0 Å². The molecule has 1 saturated heterocycles. The lowest BCUT2D eigenvalue weighted by Crippen LogP contribution is -2.63. The smallest absolute Gasteiger partial charge is 0.270 e. The molecule has 4 atom stereocenters. The van der Waals surface area contributed by atoms with Crippen molar-refractivity contribution in [2.45, 2.75) is 62.9 Å². The summed E-state index contributed by atoms with van der Waals surface area (Å²) in [6.45, 7) is 3.35. The number of likely N-dealkylation sites (tertiary alicyclic amines) is 1. The largest absolute Gasteiger partial charge is 0.497 e. The number of rotatable bonds is 5. The van der Waals surface area contributed by atoms with Gasteiger partial charge in [-0.15, -0.1) is 0 Å². The van der Waals surface area contributed by atoms with Crippen LogP contribution in [0, 0.1) is 0 Å². The van der Waals surface area contributed by atoms with Gasteiger partial charge in [-0.1, -0.05) is 30.3 Å². The molecule has 6 N–H and O–H groups in total. The number of methoxy groups -OCH3 is 1. The van der Waals surface area contributed by atoms with Gasteiger partial charge in [0, 0.05) is 43.3 Å². The quantitative estimate of drug-likeness (QED) is 0.165. The van der Waals surface area contributed by atoms with Crippen LogP contribution in [-0.2, 0) is 25.6 Å². The highest BCUT2D eigenvalue weighted by molar-refractivity contribution is 5.99. The first-order valence-electron chi connectivity index (χ1n) is 18.2. The van der Waals surface area contributed by atoms with Crippen molar-refractivity contribution < 1.29 is 43.3 Å². The zero-order valence-corrected chi connectivity index (χ0v) is 30.9. The third kappa shape index (κ3) is 9.18. The van der Waals surface area contributed by atoms with Gasteiger partial charge in [0.2, 0.25) is 17.7 Å². The van der Waals surface area contributed by atoms with Crippen LogP contribution in [0.25, 0.3) is 10.9 Å². The first-order chi connectivity index (χ1) is 26.4. The molecule has 3 aromatic carbocycles. The zero-order valence-electron chi connectivity index (χ0n) is 30.9. The van der Waals surface area contributed by atoms with Crippen LogP contribution in [0.5, 0.6) is 17.2 Å². The lowest BCUT2D eigenvalue weighted by atomic mass is 9.89. The maximum atomic E-state index is 14.3. The molecule has 0 radical (unpaired) electrons. The van der Waals surface area contributed by atoms with E-state index in [4.69, 9.17) is 14.2 Å². The van der Waals surface area contributed by atoms with Crippen LogP contribution in [0.3, 0.4) is 0 Å². The minimum atomic E-state index is -1.54. The number of nitrogens with zero attached hydrogens (tertiary/aromatic N) is 1. The summed E-state index contributed by atoms with van der Waals surface area (Å²) in [5.74, 6) is -1.35. The summed E-state index contributed by atoms with van der Waals surface area (Å²) in [5.41, 5.74) is 0.423. The fourth-order valence-corrected chi connectivity index (χ4v) is 6.67. The number of hydrogen-bond donors (Lipinski definition) is 6. The highest BCUT2D eigenvalue weighted by Crippen LogP contribution is 2.32. The number of H-pyrrole nitrogens is 1. The molecule has 2 bridgehead atoms. The summed E-state index contributed by atoms with van der Waals surface area (Å²) in [6.07, 6.45) is -1.06. The van der Waals surface area contributed by atoms with Crippen molar-refractivity contribution in [3.8, 4) is 17.2 Å². The van der Waals surface area contributed by atoms with Crippen molar-refractivity contribution in [1.29, 1.82) is 0 Å². The van der Waals surface area contributed by atoms with Gasteiger partial charge in [-0.25, -0.2) is 0 Å². The second-order valence-corrected chi connectivity index (χ2v) is 13.8. The predicted octanol–water partition coefficient (Wildman–Crippen LogP) is 1.84. The summed E-state index contributed by atoms with van der Waals surface area (Å²) in [4.78, 5) is 72.9. The van der Waals surface area contributed by atoms with Gasteiger partial charge in [-0.3, -0.25) is 24.0 Å². The molecule has 5 amide bonds. The molecule has 4 aromatic rings. The van der Waals surface area contributed by atoms with E-state index < -0.39 is 53.5 Å². The summed E-state index contributed by atoms with van der Waals surface area (Å²) >= 11 is 0. The maximum Gasteiger partial charge on any atom is 0.270 e. The van der Waals surface area contributed by atoms with E-state index in [1.807, 2.05) is 42.5 Å². The van der Waals surface area contributed by atoms with Crippen LogP contribution >= 0.6 is 0 Å². The number of carbonyl (C=O) groups excluding carboxylic acids is 5. The molecule has 290 valence electrons. The number of aliphatic hydroxyl groups is 1.